The molecule has 2 nitrogen and oxygen atoms in total. The van der Waals surface area contributed by atoms with Crippen molar-refractivity contribution < 1.29 is 17.6 Å². The Labute approximate surface area is 152 Å². The molecule has 0 atom stereocenters. The summed E-state index contributed by atoms with van der Waals surface area (Å²) < 4.78 is 44.3. The van der Waals surface area contributed by atoms with Crippen LogP contribution >= 0.6 is 15.9 Å². The van der Waals surface area contributed by atoms with E-state index < -0.39 is 11.7 Å². The molecule has 3 aromatic rings. The second kappa shape index (κ2) is 7.22. The molecular formula is C19H17BrF3NO+. The average Bonchev–Trinajstić information content (AvgIpc) is 2.95. The third-order valence-electron chi connectivity index (χ3n) is 4.13. The van der Waals surface area contributed by atoms with Gasteiger partial charge in [-0.2, -0.15) is 18.1 Å². The van der Waals surface area contributed by atoms with Gasteiger partial charge in [0, 0.05) is 16.5 Å². The maximum absolute atomic E-state index is 12.6. The molecule has 0 N–H and O–H groups in total. The molecule has 131 valence electrons. The zero-order chi connectivity index (χ0) is 18.0. The van der Waals surface area contributed by atoms with Crippen LogP contribution in [0.1, 0.15) is 23.6 Å². The summed E-state index contributed by atoms with van der Waals surface area (Å²) in [4.78, 5) is 2.18. The number of furan rings is 1. The van der Waals surface area contributed by atoms with E-state index in [0.717, 1.165) is 45.2 Å². The molecule has 0 aliphatic heterocycles. The van der Waals surface area contributed by atoms with Crippen LogP contribution in [0.25, 0.3) is 11.0 Å². The topological polar surface area (TPSA) is 19.0 Å². The van der Waals surface area contributed by atoms with Crippen molar-refractivity contribution in [2.45, 2.75) is 26.2 Å². The van der Waals surface area contributed by atoms with E-state index in [1.807, 2.05) is 19.1 Å². The minimum atomic E-state index is -4.30. The minimum Gasteiger partial charge on any atom is -0.463 e. The lowest BCUT2D eigenvalue weighted by molar-refractivity contribution is -0.137. The Morgan fingerprint density at radius 2 is 1.64 bits per heavy atom. The van der Waals surface area contributed by atoms with Gasteiger partial charge in [0.25, 0.3) is 0 Å². The van der Waals surface area contributed by atoms with E-state index in [1.54, 1.807) is 18.4 Å². The van der Waals surface area contributed by atoms with Crippen molar-refractivity contribution >= 4 is 26.9 Å². The van der Waals surface area contributed by atoms with Crippen molar-refractivity contribution in [1.29, 1.82) is 0 Å². The molecule has 0 spiro atoms. The standard InChI is InChI=1S/C19H17BrF3NO/c1-2-24(10-13-3-6-15(7-4-13)19(21,22)23)11-14-5-8-18-16(9-14)17(20)12-25-18/h3-9,12H,2,10-11H2,1H3/q+1. The van der Waals surface area contributed by atoms with Gasteiger partial charge in [-0.05, 0) is 53.2 Å². The Balaban J connectivity index is 1.72. The molecule has 1 radical (unpaired) electrons. The van der Waals surface area contributed by atoms with E-state index in [0.29, 0.717) is 13.1 Å². The molecule has 0 amide bonds. The van der Waals surface area contributed by atoms with Crippen LogP contribution in [0.4, 0.5) is 13.2 Å². The van der Waals surface area contributed by atoms with Crippen LogP contribution in [-0.4, -0.2) is 6.54 Å². The van der Waals surface area contributed by atoms with Gasteiger partial charge in [-0.15, -0.1) is 0 Å². The van der Waals surface area contributed by atoms with Crippen molar-refractivity contribution in [3.05, 3.63) is 69.9 Å². The van der Waals surface area contributed by atoms with Crippen LogP contribution in [0, 0.1) is 0 Å². The number of alkyl halides is 3. The van der Waals surface area contributed by atoms with E-state index in [1.165, 1.54) is 0 Å². The molecule has 0 aliphatic rings. The predicted octanol–water partition coefficient (Wildman–Crippen LogP) is 6.07. The number of rotatable bonds is 5. The predicted molar refractivity (Wildman–Crippen MR) is 95.4 cm³/mol. The first-order chi connectivity index (χ1) is 11.9. The molecule has 0 unspecified atom stereocenters. The van der Waals surface area contributed by atoms with Gasteiger partial charge in [0.2, 0.25) is 0 Å². The summed E-state index contributed by atoms with van der Waals surface area (Å²) in [5.41, 5.74) is 2.19. The smallest absolute Gasteiger partial charge is 0.416 e. The SMILES string of the molecule is CC[N+](Cc1ccc(C(F)(F)F)cc1)Cc1ccc2occ(Br)c2c1. The van der Waals surface area contributed by atoms with Gasteiger partial charge in [-0.25, -0.2) is 0 Å². The number of halogens is 4. The molecule has 25 heavy (non-hydrogen) atoms. The van der Waals surface area contributed by atoms with E-state index in [4.69, 9.17) is 4.42 Å². The largest absolute Gasteiger partial charge is 0.463 e. The fourth-order valence-electron chi connectivity index (χ4n) is 2.74. The van der Waals surface area contributed by atoms with Crippen LogP contribution in [0.15, 0.2) is 57.6 Å². The zero-order valence-corrected chi connectivity index (χ0v) is 15.2. The molecule has 0 saturated carbocycles. The second-order valence-electron chi connectivity index (χ2n) is 5.91. The van der Waals surface area contributed by atoms with Gasteiger partial charge in [-0.3, -0.25) is 0 Å². The highest BCUT2D eigenvalue weighted by atomic mass is 79.9. The van der Waals surface area contributed by atoms with E-state index >= 15 is 0 Å². The molecule has 0 bridgehead atoms. The molecule has 1 aromatic heterocycles. The Morgan fingerprint density at radius 1 is 1.00 bits per heavy atom. The van der Waals surface area contributed by atoms with E-state index in [-0.39, 0.29) is 0 Å². The van der Waals surface area contributed by atoms with Gasteiger partial charge in [0.1, 0.15) is 31.5 Å². The van der Waals surface area contributed by atoms with E-state index in [2.05, 4.69) is 26.9 Å². The molecule has 0 saturated heterocycles. The highest BCUT2D eigenvalue weighted by molar-refractivity contribution is 9.10. The van der Waals surface area contributed by atoms with Gasteiger partial charge in [-0.1, -0.05) is 12.1 Å². The summed E-state index contributed by atoms with van der Waals surface area (Å²) in [6.07, 6.45) is -2.63. The zero-order valence-electron chi connectivity index (χ0n) is 13.6. The van der Waals surface area contributed by atoms with Gasteiger partial charge >= 0.3 is 6.18 Å². The number of hydrogen-bond donors (Lipinski definition) is 0. The average molecular weight is 412 g/mol. The van der Waals surface area contributed by atoms with Crippen molar-refractivity contribution in [2.24, 2.45) is 0 Å². The number of nitrogens with zero attached hydrogens (tertiary/aromatic N) is 1. The summed E-state index contributed by atoms with van der Waals surface area (Å²) in [5.74, 6) is 0. The second-order valence-corrected chi connectivity index (χ2v) is 6.77. The summed E-state index contributed by atoms with van der Waals surface area (Å²) >= 11 is 3.46. The van der Waals surface area contributed by atoms with Crippen molar-refractivity contribution in [3.63, 3.8) is 0 Å². The molecule has 2 aromatic carbocycles. The Bertz CT molecular complexity index is 855. The van der Waals surface area contributed by atoms with Crippen molar-refractivity contribution in [3.8, 4) is 0 Å². The number of benzene rings is 2. The summed E-state index contributed by atoms with van der Waals surface area (Å²) in [6.45, 7) is 4.15. The first kappa shape index (κ1) is 18.0. The van der Waals surface area contributed by atoms with Gasteiger partial charge in [0.15, 0.2) is 0 Å². The summed E-state index contributed by atoms with van der Waals surface area (Å²) in [6, 6.07) is 11.4. The van der Waals surface area contributed by atoms with Crippen LogP contribution in [0.5, 0.6) is 0 Å². The summed E-state index contributed by atoms with van der Waals surface area (Å²) in [7, 11) is 0. The molecular weight excluding hydrogens is 395 g/mol. The Morgan fingerprint density at radius 3 is 2.28 bits per heavy atom. The highest BCUT2D eigenvalue weighted by Gasteiger charge is 2.30. The monoisotopic (exact) mass is 411 g/mol. The maximum Gasteiger partial charge on any atom is 0.416 e. The lowest BCUT2D eigenvalue weighted by atomic mass is 10.1. The third kappa shape index (κ3) is 4.25. The quantitative estimate of drug-likeness (QED) is 0.465. The number of hydrogen-bond acceptors (Lipinski definition) is 2. The molecule has 0 aliphatic carbocycles. The lowest BCUT2D eigenvalue weighted by Gasteiger charge is -2.12. The molecule has 6 heteroatoms. The molecule has 0 fully saturated rings. The van der Waals surface area contributed by atoms with Crippen LogP contribution in [0.3, 0.4) is 0 Å². The highest BCUT2D eigenvalue weighted by Crippen LogP contribution is 2.29. The van der Waals surface area contributed by atoms with Gasteiger partial charge in [0.05, 0.1) is 10.0 Å². The van der Waals surface area contributed by atoms with E-state index in [9.17, 15) is 13.2 Å². The normalized spacial score (nSPS) is 12.2. The fourth-order valence-corrected chi connectivity index (χ4v) is 3.14. The van der Waals surface area contributed by atoms with Crippen molar-refractivity contribution in [2.75, 3.05) is 6.54 Å². The Kier molecular flexibility index (Phi) is 5.20. The molecule has 1 heterocycles. The Hall–Kier alpha value is -1.79. The first-order valence-corrected chi connectivity index (χ1v) is 8.70. The maximum atomic E-state index is 12.6. The number of fused-ring (bicyclic) bond motifs is 1. The van der Waals surface area contributed by atoms with Crippen molar-refractivity contribution in [1.82, 2.24) is 4.90 Å². The lowest BCUT2D eigenvalue weighted by Crippen LogP contribution is -2.28. The van der Waals surface area contributed by atoms with Crippen LogP contribution < -0.4 is 4.90 Å². The molecule has 3 rings (SSSR count). The fraction of sp³-hybridized carbons (Fsp3) is 0.263. The third-order valence-corrected chi connectivity index (χ3v) is 4.75. The summed E-state index contributed by atoms with van der Waals surface area (Å²) in [5, 5.41) is 1.02. The minimum absolute atomic E-state index is 0.596. The van der Waals surface area contributed by atoms with Crippen LogP contribution in [0.2, 0.25) is 0 Å². The first-order valence-electron chi connectivity index (χ1n) is 7.91. The van der Waals surface area contributed by atoms with Crippen LogP contribution in [-0.2, 0) is 19.3 Å². The van der Waals surface area contributed by atoms with Gasteiger partial charge < -0.3 is 4.42 Å².